The van der Waals surface area contributed by atoms with E-state index in [9.17, 15) is 4.79 Å². The summed E-state index contributed by atoms with van der Waals surface area (Å²) < 4.78 is 0. The van der Waals surface area contributed by atoms with Crippen LogP contribution in [0.5, 0.6) is 0 Å². The van der Waals surface area contributed by atoms with Crippen molar-refractivity contribution in [3.05, 3.63) is 0 Å². The summed E-state index contributed by atoms with van der Waals surface area (Å²) in [5.74, 6) is -0.653. The first-order valence-corrected chi connectivity index (χ1v) is 11.9. The summed E-state index contributed by atoms with van der Waals surface area (Å²) in [6, 6.07) is 0. The predicted octanol–water partition coefficient (Wildman–Crippen LogP) is 8.00. The van der Waals surface area contributed by atoms with Gasteiger partial charge in [-0.25, -0.2) is 0 Å². The maximum absolute atomic E-state index is 10.3. The Hall–Kier alpha value is 0.730. The molecule has 1 N–H and O–H groups in total. The monoisotopic (exact) mass is 412 g/mol. The van der Waals surface area contributed by atoms with Gasteiger partial charge in [-0.3, -0.25) is 4.79 Å². The average molecular weight is 413 g/mol. The summed E-state index contributed by atoms with van der Waals surface area (Å²) in [5, 5.41) is 8.52. The van der Waals surface area contributed by atoms with Gasteiger partial charge in [-0.05, 0) is 6.42 Å². The van der Waals surface area contributed by atoms with Gasteiger partial charge in [0.2, 0.25) is 0 Å². The van der Waals surface area contributed by atoms with Crippen LogP contribution in [0.25, 0.3) is 0 Å². The Morgan fingerprint density at radius 1 is 0.481 bits per heavy atom. The third kappa shape index (κ3) is 38.0. The number of hydrogen-bond acceptors (Lipinski definition) is 1. The van der Waals surface area contributed by atoms with E-state index >= 15 is 0 Å². The Morgan fingerprint density at radius 2 is 0.704 bits per heavy atom. The molecule has 0 fully saturated rings. The molecule has 0 atom stereocenters. The van der Waals surface area contributed by atoms with Crippen molar-refractivity contribution in [3.63, 3.8) is 0 Å². The van der Waals surface area contributed by atoms with Gasteiger partial charge >= 0.3 is 43.7 Å². The standard InChI is InChI=1S/C18H36O2.C6H14.Ca.2H/c1-2-3-4-5-6-7-8-9-10-11-12-13-14-15-16-17-18(19)20;1-3-5-6-4-2;;;/h2-17H2,1H3,(H,19,20);3-6H2,1-2H3;;;. The van der Waals surface area contributed by atoms with Gasteiger partial charge < -0.3 is 5.11 Å². The SMILES string of the molecule is CCCCCC.CCCCCCCCCCCCCCCCCC(=O)O.[CaH2]. The molecule has 0 aliphatic rings. The van der Waals surface area contributed by atoms with E-state index in [1.54, 1.807) is 0 Å². The average Bonchev–Trinajstić information content (AvgIpc) is 2.63. The van der Waals surface area contributed by atoms with Gasteiger partial charge in [0.15, 0.2) is 0 Å². The predicted molar refractivity (Wildman–Crippen MR) is 126 cm³/mol. The third-order valence-corrected chi connectivity index (χ3v) is 4.95. The van der Waals surface area contributed by atoms with Crippen LogP contribution in [0, 0.1) is 0 Å². The van der Waals surface area contributed by atoms with E-state index in [4.69, 9.17) is 5.11 Å². The number of carboxylic acid groups (broad SMARTS) is 1. The van der Waals surface area contributed by atoms with Crippen LogP contribution in [0.15, 0.2) is 0 Å². The second-order valence-corrected chi connectivity index (χ2v) is 7.80. The molecule has 0 amide bonds. The summed E-state index contributed by atoms with van der Waals surface area (Å²) in [4.78, 5) is 10.3. The van der Waals surface area contributed by atoms with E-state index in [1.807, 2.05) is 0 Å². The van der Waals surface area contributed by atoms with Crippen LogP contribution in [0.1, 0.15) is 149 Å². The zero-order valence-corrected chi connectivity index (χ0v) is 18.5. The summed E-state index contributed by atoms with van der Waals surface area (Å²) in [7, 11) is 0. The maximum atomic E-state index is 10.3. The fourth-order valence-corrected chi connectivity index (χ4v) is 3.15. The topological polar surface area (TPSA) is 37.3 Å². The Labute approximate surface area is 201 Å². The Bertz CT molecular complexity index is 253. The van der Waals surface area contributed by atoms with Gasteiger partial charge in [0.1, 0.15) is 0 Å². The van der Waals surface area contributed by atoms with Crippen molar-refractivity contribution in [1.82, 2.24) is 0 Å². The van der Waals surface area contributed by atoms with Crippen LogP contribution >= 0.6 is 0 Å². The molecule has 0 aromatic carbocycles. The molecule has 0 aliphatic carbocycles. The van der Waals surface area contributed by atoms with Crippen molar-refractivity contribution >= 4 is 43.7 Å². The number of carboxylic acids is 1. The normalized spacial score (nSPS) is 10.0. The van der Waals surface area contributed by atoms with Gasteiger partial charge in [-0.15, -0.1) is 0 Å². The van der Waals surface area contributed by atoms with E-state index in [-0.39, 0.29) is 37.7 Å². The van der Waals surface area contributed by atoms with E-state index in [0.717, 1.165) is 12.8 Å². The van der Waals surface area contributed by atoms with Crippen LogP contribution < -0.4 is 0 Å². The van der Waals surface area contributed by atoms with Gasteiger partial charge in [0.25, 0.3) is 0 Å². The molecule has 0 saturated heterocycles. The van der Waals surface area contributed by atoms with Crippen molar-refractivity contribution in [2.24, 2.45) is 0 Å². The van der Waals surface area contributed by atoms with E-state index in [2.05, 4.69) is 20.8 Å². The zero-order valence-electron chi connectivity index (χ0n) is 18.5. The molecular formula is C24H52CaO2. The number of rotatable bonds is 19. The third-order valence-electron chi connectivity index (χ3n) is 4.95. The van der Waals surface area contributed by atoms with Crippen LogP contribution in [-0.2, 0) is 4.79 Å². The number of carbonyl (C=O) groups is 1. The Balaban J connectivity index is -0.000000709. The summed E-state index contributed by atoms with van der Waals surface area (Å²) in [6.45, 7) is 6.73. The van der Waals surface area contributed by atoms with Crippen LogP contribution in [0.4, 0.5) is 0 Å². The molecule has 0 radical (unpaired) electrons. The van der Waals surface area contributed by atoms with Crippen LogP contribution in [0.3, 0.4) is 0 Å². The Kier molecular flexibility index (Phi) is 37.7. The molecule has 0 bridgehead atoms. The number of aliphatic carboxylic acids is 1. The molecule has 0 aromatic heterocycles. The van der Waals surface area contributed by atoms with Crippen molar-refractivity contribution < 1.29 is 9.90 Å². The van der Waals surface area contributed by atoms with Crippen molar-refractivity contribution in [2.45, 2.75) is 149 Å². The van der Waals surface area contributed by atoms with Gasteiger partial charge in [-0.1, -0.05) is 136 Å². The first-order valence-electron chi connectivity index (χ1n) is 11.9. The molecular weight excluding hydrogens is 360 g/mol. The van der Waals surface area contributed by atoms with Gasteiger partial charge in [0, 0.05) is 6.42 Å². The second-order valence-electron chi connectivity index (χ2n) is 7.80. The molecule has 0 aromatic rings. The number of unbranched alkanes of at least 4 members (excludes halogenated alkanes) is 17. The molecule has 3 heteroatoms. The molecule has 0 saturated carbocycles. The van der Waals surface area contributed by atoms with Gasteiger partial charge in [-0.2, -0.15) is 0 Å². The molecule has 0 rings (SSSR count). The molecule has 2 nitrogen and oxygen atoms in total. The summed E-state index contributed by atoms with van der Waals surface area (Å²) in [6.07, 6.45) is 25.7. The molecule has 162 valence electrons. The van der Waals surface area contributed by atoms with E-state index < -0.39 is 5.97 Å². The summed E-state index contributed by atoms with van der Waals surface area (Å²) in [5.41, 5.74) is 0. The second kappa shape index (κ2) is 31.4. The molecule has 0 unspecified atom stereocenters. The van der Waals surface area contributed by atoms with Crippen molar-refractivity contribution in [2.75, 3.05) is 0 Å². The van der Waals surface area contributed by atoms with Crippen LogP contribution in [0.2, 0.25) is 0 Å². The van der Waals surface area contributed by atoms with E-state index in [0.29, 0.717) is 6.42 Å². The van der Waals surface area contributed by atoms with Crippen molar-refractivity contribution in [3.8, 4) is 0 Å². The zero-order chi connectivity index (χ0) is 19.7. The first kappa shape index (κ1) is 32.4. The molecule has 0 spiro atoms. The molecule has 0 aliphatic heterocycles. The van der Waals surface area contributed by atoms with Crippen LogP contribution in [-0.4, -0.2) is 48.8 Å². The quantitative estimate of drug-likeness (QED) is 0.172. The van der Waals surface area contributed by atoms with Gasteiger partial charge in [0.05, 0.1) is 0 Å². The minimum atomic E-state index is -0.653. The van der Waals surface area contributed by atoms with Crippen molar-refractivity contribution in [1.29, 1.82) is 0 Å². The minimum absolute atomic E-state index is 0. The fraction of sp³-hybridized carbons (Fsp3) is 0.958. The molecule has 0 heterocycles. The molecule has 27 heavy (non-hydrogen) atoms. The van der Waals surface area contributed by atoms with E-state index in [1.165, 1.54) is 109 Å². The first-order chi connectivity index (χ1) is 12.7. The summed E-state index contributed by atoms with van der Waals surface area (Å²) >= 11 is 0. The Morgan fingerprint density at radius 3 is 0.963 bits per heavy atom. The fourth-order valence-electron chi connectivity index (χ4n) is 3.15. The number of hydrogen-bond donors (Lipinski definition) is 1.